The minimum Gasteiger partial charge on any atom is -0.489 e. The second-order valence-corrected chi connectivity index (χ2v) is 10.1. The number of likely N-dealkylation sites (tertiary alicyclic amines) is 2. The lowest BCUT2D eigenvalue weighted by Crippen LogP contribution is -2.44. The van der Waals surface area contributed by atoms with Crippen LogP contribution in [0.3, 0.4) is 0 Å². The molecule has 9 nitrogen and oxygen atoms in total. The summed E-state index contributed by atoms with van der Waals surface area (Å²) in [6.07, 6.45) is 8.19. The first-order chi connectivity index (χ1) is 19.1. The quantitative estimate of drug-likeness (QED) is 0.504. The van der Waals surface area contributed by atoms with E-state index in [-0.39, 0.29) is 24.0 Å². The van der Waals surface area contributed by atoms with Crippen molar-refractivity contribution in [1.82, 2.24) is 25.1 Å². The summed E-state index contributed by atoms with van der Waals surface area (Å²) in [7, 11) is 0. The third-order valence-corrected chi connectivity index (χ3v) is 7.32. The van der Waals surface area contributed by atoms with Crippen LogP contribution in [-0.4, -0.2) is 69.9 Å². The highest BCUT2D eigenvalue weighted by Crippen LogP contribution is 2.20. The van der Waals surface area contributed by atoms with E-state index in [1.165, 1.54) is 11.8 Å². The number of aromatic nitrogens is 2. The van der Waals surface area contributed by atoms with Crippen LogP contribution in [0.5, 0.6) is 5.75 Å². The molecule has 5 rings (SSSR count). The molecule has 2 aliphatic heterocycles. The van der Waals surface area contributed by atoms with E-state index in [1.54, 1.807) is 24.5 Å². The predicted octanol–water partition coefficient (Wildman–Crippen LogP) is 3.43. The van der Waals surface area contributed by atoms with Gasteiger partial charge in [-0.2, -0.15) is 5.26 Å². The lowest BCUT2D eigenvalue weighted by atomic mass is 10.0. The lowest BCUT2D eigenvalue weighted by molar-refractivity contribution is 0.0594. The molecule has 0 unspecified atom stereocenters. The summed E-state index contributed by atoms with van der Waals surface area (Å²) in [5.41, 5.74) is 2.64. The molecule has 9 heteroatoms. The zero-order chi connectivity index (χ0) is 27.0. The second-order valence-electron chi connectivity index (χ2n) is 10.1. The highest BCUT2D eigenvalue weighted by Gasteiger charge is 2.26. The molecule has 0 saturated carbocycles. The number of rotatable bonds is 7. The van der Waals surface area contributed by atoms with Crippen LogP contribution in [0.2, 0.25) is 0 Å². The van der Waals surface area contributed by atoms with Crippen molar-refractivity contribution in [1.29, 1.82) is 5.26 Å². The third kappa shape index (κ3) is 6.98. The van der Waals surface area contributed by atoms with E-state index in [0.29, 0.717) is 29.9 Å². The van der Waals surface area contributed by atoms with Gasteiger partial charge in [0, 0.05) is 64.0 Å². The molecule has 0 bridgehead atoms. The molecule has 2 aliphatic rings. The van der Waals surface area contributed by atoms with E-state index >= 15 is 0 Å². The lowest BCUT2D eigenvalue weighted by Gasteiger charge is -2.32. The molecule has 1 N–H and O–H groups in total. The van der Waals surface area contributed by atoms with Crippen LogP contribution in [0.15, 0.2) is 67.1 Å². The molecule has 2 amide bonds. The van der Waals surface area contributed by atoms with Gasteiger partial charge in [0.15, 0.2) is 0 Å². The Bertz CT molecular complexity index is 1290. The van der Waals surface area contributed by atoms with Crippen molar-refractivity contribution in [2.75, 3.05) is 26.2 Å². The zero-order valence-corrected chi connectivity index (χ0v) is 21.8. The molecule has 39 heavy (non-hydrogen) atoms. The second kappa shape index (κ2) is 12.5. The molecule has 1 aromatic carbocycles. The minimum atomic E-state index is -0.215. The Hall–Kier alpha value is -4.29. The Morgan fingerprint density at radius 3 is 2.38 bits per heavy atom. The highest BCUT2D eigenvalue weighted by atomic mass is 16.5. The molecular formula is C30H32N6O3. The van der Waals surface area contributed by atoms with Gasteiger partial charge in [-0.3, -0.25) is 24.5 Å². The molecule has 2 aromatic heterocycles. The summed E-state index contributed by atoms with van der Waals surface area (Å²) >= 11 is 0. The average molecular weight is 525 g/mol. The summed E-state index contributed by atoms with van der Waals surface area (Å²) in [6, 6.07) is 16.9. The van der Waals surface area contributed by atoms with Gasteiger partial charge in [-0.15, -0.1) is 0 Å². The summed E-state index contributed by atoms with van der Waals surface area (Å²) in [5, 5.41) is 12.0. The van der Waals surface area contributed by atoms with Gasteiger partial charge in [0.05, 0.1) is 23.4 Å². The number of nitriles is 1. The number of hydrogen-bond donors (Lipinski definition) is 1. The molecule has 4 heterocycles. The monoisotopic (exact) mass is 524 g/mol. The predicted molar refractivity (Wildman–Crippen MR) is 145 cm³/mol. The van der Waals surface area contributed by atoms with Crippen LogP contribution in [0.1, 0.15) is 57.7 Å². The minimum absolute atomic E-state index is 0.0604. The summed E-state index contributed by atoms with van der Waals surface area (Å²) < 4.78 is 5.96. The Kier molecular flexibility index (Phi) is 8.44. The standard InChI is InChI=1S/C30H32N6O3/c31-18-22-3-5-23(6-4-22)21-35-14-9-25(10-15-35)34-29(37)28-8-7-24(19-33-28)30(38)36-16-11-26(12-17-36)39-27-2-1-13-32-20-27/h1-8,13,19-20,25-26H,9-12,14-17,21H2,(H,34,37). The molecule has 2 fully saturated rings. The van der Waals surface area contributed by atoms with Gasteiger partial charge in [-0.1, -0.05) is 12.1 Å². The van der Waals surface area contributed by atoms with Gasteiger partial charge in [0.25, 0.3) is 11.8 Å². The van der Waals surface area contributed by atoms with Crippen LogP contribution < -0.4 is 10.1 Å². The van der Waals surface area contributed by atoms with E-state index in [2.05, 4.69) is 26.3 Å². The molecule has 0 radical (unpaired) electrons. The maximum atomic E-state index is 13.0. The molecular weight excluding hydrogens is 492 g/mol. The zero-order valence-electron chi connectivity index (χ0n) is 21.8. The fourth-order valence-electron chi connectivity index (χ4n) is 5.06. The number of carbonyl (C=O) groups excluding carboxylic acids is 2. The van der Waals surface area contributed by atoms with E-state index in [1.807, 2.05) is 41.3 Å². The van der Waals surface area contributed by atoms with Crippen LogP contribution in [0, 0.1) is 11.3 Å². The van der Waals surface area contributed by atoms with Crippen molar-refractivity contribution >= 4 is 11.8 Å². The van der Waals surface area contributed by atoms with Crippen LogP contribution in [0.25, 0.3) is 0 Å². The first-order valence-corrected chi connectivity index (χ1v) is 13.4. The Balaban J connectivity index is 1.05. The van der Waals surface area contributed by atoms with Crippen molar-refractivity contribution in [3.05, 3.63) is 89.5 Å². The summed E-state index contributed by atoms with van der Waals surface area (Å²) in [5.74, 6) is 0.450. The van der Waals surface area contributed by atoms with Gasteiger partial charge < -0.3 is 15.0 Å². The van der Waals surface area contributed by atoms with Crippen molar-refractivity contribution in [3.63, 3.8) is 0 Å². The normalized spacial score (nSPS) is 16.8. The first-order valence-electron chi connectivity index (χ1n) is 13.4. The smallest absolute Gasteiger partial charge is 0.270 e. The van der Waals surface area contributed by atoms with E-state index in [0.717, 1.165) is 51.1 Å². The maximum Gasteiger partial charge on any atom is 0.270 e. The molecule has 2 saturated heterocycles. The average Bonchev–Trinajstić information content (AvgIpc) is 2.99. The number of piperidine rings is 2. The number of ether oxygens (including phenoxy) is 1. The van der Waals surface area contributed by atoms with Crippen LogP contribution in [0.4, 0.5) is 0 Å². The van der Waals surface area contributed by atoms with Gasteiger partial charge >= 0.3 is 0 Å². The number of nitrogens with one attached hydrogen (secondary N) is 1. The van der Waals surface area contributed by atoms with Gasteiger partial charge in [-0.05, 0) is 54.8 Å². The maximum absolute atomic E-state index is 13.0. The summed E-state index contributed by atoms with van der Waals surface area (Å²) in [6.45, 7) is 3.82. The topological polar surface area (TPSA) is 111 Å². The number of amides is 2. The highest BCUT2D eigenvalue weighted by molar-refractivity contribution is 5.96. The molecule has 0 spiro atoms. The Morgan fingerprint density at radius 1 is 0.974 bits per heavy atom. The fourth-order valence-corrected chi connectivity index (χ4v) is 5.06. The molecule has 0 aliphatic carbocycles. The summed E-state index contributed by atoms with van der Waals surface area (Å²) in [4.78, 5) is 38.3. The largest absolute Gasteiger partial charge is 0.489 e. The fraction of sp³-hybridized carbons (Fsp3) is 0.367. The van der Waals surface area contributed by atoms with Crippen molar-refractivity contribution in [3.8, 4) is 11.8 Å². The van der Waals surface area contributed by atoms with Gasteiger partial charge in [0.1, 0.15) is 17.5 Å². The molecule has 3 aromatic rings. The number of carbonyl (C=O) groups is 2. The molecule has 200 valence electrons. The van der Waals surface area contributed by atoms with Gasteiger partial charge in [0.2, 0.25) is 0 Å². The van der Waals surface area contributed by atoms with Crippen LogP contribution in [-0.2, 0) is 6.54 Å². The first kappa shape index (κ1) is 26.3. The number of hydrogen-bond acceptors (Lipinski definition) is 7. The van der Waals surface area contributed by atoms with Gasteiger partial charge in [-0.25, -0.2) is 0 Å². The van der Waals surface area contributed by atoms with E-state index in [9.17, 15) is 9.59 Å². The van der Waals surface area contributed by atoms with Crippen molar-refractivity contribution < 1.29 is 14.3 Å². The Labute approximate surface area is 228 Å². The van der Waals surface area contributed by atoms with Crippen molar-refractivity contribution in [2.24, 2.45) is 0 Å². The molecule has 0 atom stereocenters. The Morgan fingerprint density at radius 2 is 1.74 bits per heavy atom. The van der Waals surface area contributed by atoms with Crippen LogP contribution >= 0.6 is 0 Å². The SMILES string of the molecule is N#Cc1ccc(CN2CCC(NC(=O)c3ccc(C(=O)N4CCC(Oc5cccnc5)CC4)cn3)CC2)cc1. The number of nitrogens with zero attached hydrogens (tertiary/aromatic N) is 5. The number of pyridine rings is 2. The van der Waals surface area contributed by atoms with E-state index in [4.69, 9.17) is 10.00 Å². The van der Waals surface area contributed by atoms with Crippen molar-refractivity contribution in [2.45, 2.75) is 44.4 Å². The number of benzene rings is 1. The van der Waals surface area contributed by atoms with E-state index < -0.39 is 0 Å². The third-order valence-electron chi connectivity index (χ3n) is 7.32.